The van der Waals surface area contributed by atoms with Crippen molar-refractivity contribution in [3.63, 3.8) is 0 Å². The molecule has 0 aliphatic rings. The SMILES string of the molecule is CC(C)c1ccccc1CN(CCO)CCO. The van der Waals surface area contributed by atoms with E-state index in [1.54, 1.807) is 0 Å². The minimum atomic E-state index is 0.129. The summed E-state index contributed by atoms with van der Waals surface area (Å²) in [5.41, 5.74) is 2.62. The van der Waals surface area contributed by atoms with Crippen LogP contribution in [0.1, 0.15) is 30.9 Å². The average Bonchev–Trinajstić information content (AvgIpc) is 2.30. The fourth-order valence-corrected chi connectivity index (χ4v) is 2.04. The summed E-state index contributed by atoms with van der Waals surface area (Å²) in [4.78, 5) is 2.07. The maximum Gasteiger partial charge on any atom is 0.0558 e. The Bertz CT molecular complexity index is 320. The zero-order chi connectivity index (χ0) is 12.7. The lowest BCUT2D eigenvalue weighted by Gasteiger charge is -2.22. The minimum Gasteiger partial charge on any atom is -0.395 e. The van der Waals surface area contributed by atoms with Crippen LogP contribution in [-0.2, 0) is 6.54 Å². The molecule has 0 aliphatic carbocycles. The molecule has 1 aromatic carbocycles. The van der Waals surface area contributed by atoms with Crippen molar-refractivity contribution in [2.75, 3.05) is 26.3 Å². The lowest BCUT2D eigenvalue weighted by Crippen LogP contribution is -2.29. The van der Waals surface area contributed by atoms with Gasteiger partial charge < -0.3 is 10.2 Å². The first-order chi connectivity index (χ1) is 8.19. The molecular formula is C14H23NO2. The van der Waals surface area contributed by atoms with Gasteiger partial charge in [-0.05, 0) is 17.0 Å². The predicted octanol–water partition coefficient (Wildman–Crippen LogP) is 1.60. The van der Waals surface area contributed by atoms with Crippen molar-refractivity contribution in [3.8, 4) is 0 Å². The Balaban J connectivity index is 2.77. The fourth-order valence-electron chi connectivity index (χ4n) is 2.04. The van der Waals surface area contributed by atoms with Crippen molar-refractivity contribution < 1.29 is 10.2 Å². The summed E-state index contributed by atoms with van der Waals surface area (Å²) in [6, 6.07) is 8.37. The van der Waals surface area contributed by atoms with Crippen LogP contribution in [0, 0.1) is 0 Å². The van der Waals surface area contributed by atoms with Crippen LogP contribution in [-0.4, -0.2) is 41.4 Å². The fraction of sp³-hybridized carbons (Fsp3) is 0.571. The van der Waals surface area contributed by atoms with Crippen LogP contribution < -0.4 is 0 Å². The molecule has 1 rings (SSSR count). The molecule has 2 N–H and O–H groups in total. The Hall–Kier alpha value is -0.900. The van der Waals surface area contributed by atoms with Crippen molar-refractivity contribution >= 4 is 0 Å². The van der Waals surface area contributed by atoms with Crippen LogP contribution in [0.5, 0.6) is 0 Å². The lowest BCUT2D eigenvalue weighted by molar-refractivity contribution is 0.155. The van der Waals surface area contributed by atoms with Crippen LogP contribution in [0.25, 0.3) is 0 Å². The molecule has 0 heterocycles. The number of nitrogens with zero attached hydrogens (tertiary/aromatic N) is 1. The molecule has 17 heavy (non-hydrogen) atoms. The number of benzene rings is 1. The normalized spacial score (nSPS) is 11.4. The highest BCUT2D eigenvalue weighted by atomic mass is 16.3. The van der Waals surface area contributed by atoms with E-state index in [1.807, 2.05) is 6.07 Å². The number of hydrogen-bond donors (Lipinski definition) is 2. The maximum absolute atomic E-state index is 9.00. The van der Waals surface area contributed by atoms with Crippen molar-refractivity contribution in [2.24, 2.45) is 0 Å². The van der Waals surface area contributed by atoms with Crippen LogP contribution in [0.2, 0.25) is 0 Å². The second-order valence-electron chi connectivity index (χ2n) is 4.58. The molecule has 0 spiro atoms. The van der Waals surface area contributed by atoms with Gasteiger partial charge in [0.05, 0.1) is 13.2 Å². The lowest BCUT2D eigenvalue weighted by atomic mass is 9.97. The Kier molecular flexibility index (Phi) is 6.19. The third-order valence-corrected chi connectivity index (χ3v) is 2.90. The van der Waals surface area contributed by atoms with Gasteiger partial charge in [0.1, 0.15) is 0 Å². The minimum absolute atomic E-state index is 0.129. The molecule has 1 aromatic rings. The van der Waals surface area contributed by atoms with Crippen LogP contribution in [0.3, 0.4) is 0 Å². The molecule has 0 bridgehead atoms. The van der Waals surface area contributed by atoms with Crippen LogP contribution >= 0.6 is 0 Å². The molecule has 0 saturated heterocycles. The molecule has 0 radical (unpaired) electrons. The van der Waals surface area contributed by atoms with Crippen molar-refractivity contribution in [1.82, 2.24) is 4.90 Å². The summed E-state index contributed by atoms with van der Waals surface area (Å²) < 4.78 is 0. The Morgan fingerprint density at radius 2 is 1.65 bits per heavy atom. The standard InChI is InChI=1S/C14H23NO2/c1-12(2)14-6-4-3-5-13(14)11-15(7-9-16)8-10-17/h3-6,12,16-17H,7-11H2,1-2H3. The summed E-state index contributed by atoms with van der Waals surface area (Å²) in [6.45, 7) is 6.62. The molecule has 0 aromatic heterocycles. The third kappa shape index (κ3) is 4.46. The molecule has 0 unspecified atom stereocenters. The Labute approximate surface area is 104 Å². The molecule has 0 atom stereocenters. The van der Waals surface area contributed by atoms with E-state index in [9.17, 15) is 0 Å². The van der Waals surface area contributed by atoms with E-state index in [0.29, 0.717) is 19.0 Å². The van der Waals surface area contributed by atoms with Crippen molar-refractivity contribution in [2.45, 2.75) is 26.3 Å². The smallest absolute Gasteiger partial charge is 0.0558 e. The summed E-state index contributed by atoms with van der Waals surface area (Å²) in [7, 11) is 0. The summed E-state index contributed by atoms with van der Waals surface area (Å²) in [5, 5.41) is 18.0. The molecule has 3 nitrogen and oxygen atoms in total. The van der Waals surface area contributed by atoms with Crippen molar-refractivity contribution in [3.05, 3.63) is 35.4 Å². The topological polar surface area (TPSA) is 43.7 Å². The van der Waals surface area contributed by atoms with E-state index >= 15 is 0 Å². The average molecular weight is 237 g/mol. The van der Waals surface area contributed by atoms with Gasteiger partial charge in [-0.2, -0.15) is 0 Å². The first-order valence-corrected chi connectivity index (χ1v) is 6.21. The summed E-state index contributed by atoms with van der Waals surface area (Å²) >= 11 is 0. The number of hydrogen-bond acceptors (Lipinski definition) is 3. The summed E-state index contributed by atoms with van der Waals surface area (Å²) in [5.74, 6) is 0.497. The third-order valence-electron chi connectivity index (χ3n) is 2.90. The summed E-state index contributed by atoms with van der Waals surface area (Å²) in [6.07, 6.45) is 0. The van der Waals surface area contributed by atoms with E-state index < -0.39 is 0 Å². The van der Waals surface area contributed by atoms with Crippen molar-refractivity contribution in [1.29, 1.82) is 0 Å². The molecule has 3 heteroatoms. The van der Waals surface area contributed by atoms with Crippen LogP contribution in [0.4, 0.5) is 0 Å². The van der Waals surface area contributed by atoms with Gasteiger partial charge in [0.25, 0.3) is 0 Å². The Morgan fingerprint density at radius 3 is 2.18 bits per heavy atom. The van der Waals surface area contributed by atoms with Gasteiger partial charge in [-0.15, -0.1) is 0 Å². The molecular weight excluding hydrogens is 214 g/mol. The predicted molar refractivity (Wildman–Crippen MR) is 70.0 cm³/mol. The largest absolute Gasteiger partial charge is 0.395 e. The molecule has 0 aliphatic heterocycles. The van der Waals surface area contributed by atoms with Gasteiger partial charge in [-0.25, -0.2) is 0 Å². The van der Waals surface area contributed by atoms with Gasteiger partial charge in [0.15, 0.2) is 0 Å². The highest BCUT2D eigenvalue weighted by molar-refractivity contribution is 5.29. The maximum atomic E-state index is 9.00. The second kappa shape index (κ2) is 7.43. The number of rotatable bonds is 7. The first-order valence-electron chi connectivity index (χ1n) is 6.21. The van der Waals surface area contributed by atoms with E-state index in [1.165, 1.54) is 11.1 Å². The Morgan fingerprint density at radius 1 is 1.06 bits per heavy atom. The van der Waals surface area contributed by atoms with E-state index in [-0.39, 0.29) is 13.2 Å². The zero-order valence-electron chi connectivity index (χ0n) is 10.8. The quantitative estimate of drug-likeness (QED) is 0.757. The zero-order valence-corrected chi connectivity index (χ0v) is 10.8. The highest BCUT2D eigenvalue weighted by Gasteiger charge is 2.10. The van der Waals surface area contributed by atoms with Gasteiger partial charge in [-0.1, -0.05) is 38.1 Å². The second-order valence-corrected chi connectivity index (χ2v) is 4.58. The highest BCUT2D eigenvalue weighted by Crippen LogP contribution is 2.20. The van der Waals surface area contributed by atoms with Gasteiger partial charge in [-0.3, -0.25) is 4.90 Å². The van der Waals surface area contributed by atoms with Gasteiger partial charge >= 0.3 is 0 Å². The first kappa shape index (κ1) is 14.2. The van der Waals surface area contributed by atoms with E-state index in [2.05, 4.69) is 36.9 Å². The van der Waals surface area contributed by atoms with E-state index in [0.717, 1.165) is 6.54 Å². The monoisotopic (exact) mass is 237 g/mol. The molecule has 0 saturated carbocycles. The van der Waals surface area contributed by atoms with Crippen LogP contribution in [0.15, 0.2) is 24.3 Å². The van der Waals surface area contributed by atoms with E-state index in [4.69, 9.17) is 10.2 Å². The molecule has 0 fully saturated rings. The molecule has 0 amide bonds. The number of aliphatic hydroxyl groups excluding tert-OH is 2. The van der Waals surface area contributed by atoms with Gasteiger partial charge in [0, 0.05) is 19.6 Å². The van der Waals surface area contributed by atoms with Gasteiger partial charge in [0.2, 0.25) is 0 Å². The molecule has 96 valence electrons. The number of aliphatic hydroxyl groups is 2.